The Kier molecular flexibility index (Phi) is 4.93. The summed E-state index contributed by atoms with van der Waals surface area (Å²) in [6.45, 7) is 5.59. The normalized spacial score (nSPS) is 10.3. The Labute approximate surface area is 128 Å². The SMILES string of the molecule is CC(=O)Nc1ccc(C(=O)NCCc2oc(C)nc2C)cc1. The van der Waals surface area contributed by atoms with Crippen LogP contribution in [0.4, 0.5) is 5.69 Å². The number of nitrogens with zero attached hydrogens (tertiary/aromatic N) is 1. The lowest BCUT2D eigenvalue weighted by molar-refractivity contribution is -0.114. The number of nitrogens with one attached hydrogen (secondary N) is 2. The Morgan fingerprint density at radius 2 is 1.86 bits per heavy atom. The summed E-state index contributed by atoms with van der Waals surface area (Å²) in [5.41, 5.74) is 2.06. The van der Waals surface area contributed by atoms with Crippen LogP contribution in [0.15, 0.2) is 28.7 Å². The van der Waals surface area contributed by atoms with Crippen molar-refractivity contribution in [3.05, 3.63) is 47.2 Å². The molecular formula is C16H19N3O3. The van der Waals surface area contributed by atoms with Crippen molar-refractivity contribution >= 4 is 17.5 Å². The third kappa shape index (κ3) is 4.18. The highest BCUT2D eigenvalue weighted by molar-refractivity contribution is 5.95. The van der Waals surface area contributed by atoms with Crippen molar-refractivity contribution in [1.29, 1.82) is 0 Å². The molecule has 2 N–H and O–H groups in total. The maximum atomic E-state index is 12.0. The summed E-state index contributed by atoms with van der Waals surface area (Å²) in [6.07, 6.45) is 0.600. The van der Waals surface area contributed by atoms with E-state index in [0.29, 0.717) is 30.1 Å². The van der Waals surface area contributed by atoms with Gasteiger partial charge in [0.15, 0.2) is 5.89 Å². The molecule has 0 fully saturated rings. The molecule has 0 unspecified atom stereocenters. The average Bonchev–Trinajstić information content (AvgIpc) is 2.77. The summed E-state index contributed by atoms with van der Waals surface area (Å²) in [5, 5.41) is 5.48. The van der Waals surface area contributed by atoms with E-state index in [1.54, 1.807) is 31.2 Å². The maximum absolute atomic E-state index is 12.0. The van der Waals surface area contributed by atoms with E-state index >= 15 is 0 Å². The number of hydrogen-bond donors (Lipinski definition) is 2. The average molecular weight is 301 g/mol. The largest absolute Gasteiger partial charge is 0.446 e. The number of benzene rings is 1. The predicted octanol–water partition coefficient (Wildman–Crippen LogP) is 2.22. The quantitative estimate of drug-likeness (QED) is 0.887. The van der Waals surface area contributed by atoms with Gasteiger partial charge in [-0.2, -0.15) is 0 Å². The van der Waals surface area contributed by atoms with Crippen molar-refractivity contribution in [3.63, 3.8) is 0 Å². The highest BCUT2D eigenvalue weighted by Gasteiger charge is 2.09. The number of aryl methyl sites for hydroxylation is 2. The molecular weight excluding hydrogens is 282 g/mol. The van der Waals surface area contributed by atoms with Gasteiger partial charge < -0.3 is 15.1 Å². The minimum absolute atomic E-state index is 0.144. The van der Waals surface area contributed by atoms with Crippen molar-refractivity contribution in [2.24, 2.45) is 0 Å². The Balaban J connectivity index is 1.87. The standard InChI is InChI=1S/C16H19N3O3/c1-10-15(22-12(3)18-10)8-9-17-16(21)13-4-6-14(7-5-13)19-11(2)20/h4-7H,8-9H2,1-3H3,(H,17,21)(H,19,20). The minimum atomic E-state index is -0.164. The minimum Gasteiger partial charge on any atom is -0.446 e. The van der Waals surface area contributed by atoms with Gasteiger partial charge in [-0.1, -0.05) is 0 Å². The van der Waals surface area contributed by atoms with Gasteiger partial charge in [-0.3, -0.25) is 9.59 Å². The second-order valence-electron chi connectivity index (χ2n) is 5.01. The number of carbonyl (C=O) groups excluding carboxylic acids is 2. The monoisotopic (exact) mass is 301 g/mol. The zero-order valence-corrected chi connectivity index (χ0v) is 12.9. The molecule has 22 heavy (non-hydrogen) atoms. The lowest BCUT2D eigenvalue weighted by Crippen LogP contribution is -2.25. The first-order chi connectivity index (χ1) is 10.5. The predicted molar refractivity (Wildman–Crippen MR) is 82.8 cm³/mol. The van der Waals surface area contributed by atoms with Crippen LogP contribution in [0, 0.1) is 13.8 Å². The Bertz CT molecular complexity index is 674. The van der Waals surface area contributed by atoms with Crippen molar-refractivity contribution in [2.75, 3.05) is 11.9 Å². The summed E-state index contributed by atoms with van der Waals surface area (Å²) in [4.78, 5) is 27.1. The molecule has 1 aromatic carbocycles. The lowest BCUT2D eigenvalue weighted by atomic mass is 10.2. The van der Waals surface area contributed by atoms with Gasteiger partial charge in [-0.25, -0.2) is 4.98 Å². The molecule has 1 heterocycles. The fraction of sp³-hybridized carbons (Fsp3) is 0.312. The van der Waals surface area contributed by atoms with E-state index in [1.807, 2.05) is 6.92 Å². The molecule has 6 nitrogen and oxygen atoms in total. The molecule has 0 spiro atoms. The first kappa shape index (κ1) is 15.8. The first-order valence-corrected chi connectivity index (χ1v) is 7.04. The van der Waals surface area contributed by atoms with Gasteiger partial charge in [-0.05, 0) is 31.2 Å². The second-order valence-corrected chi connectivity index (χ2v) is 5.01. The van der Waals surface area contributed by atoms with E-state index in [0.717, 1.165) is 11.5 Å². The number of oxazole rings is 1. The van der Waals surface area contributed by atoms with Gasteiger partial charge in [0.05, 0.1) is 5.69 Å². The highest BCUT2D eigenvalue weighted by atomic mass is 16.4. The van der Waals surface area contributed by atoms with E-state index in [9.17, 15) is 9.59 Å². The number of carbonyl (C=O) groups is 2. The van der Waals surface area contributed by atoms with Gasteiger partial charge >= 0.3 is 0 Å². The van der Waals surface area contributed by atoms with Crippen molar-refractivity contribution in [1.82, 2.24) is 10.3 Å². The molecule has 2 aromatic rings. The molecule has 2 amide bonds. The van der Waals surface area contributed by atoms with Gasteiger partial charge in [-0.15, -0.1) is 0 Å². The second kappa shape index (κ2) is 6.89. The highest BCUT2D eigenvalue weighted by Crippen LogP contribution is 2.11. The summed E-state index contributed by atoms with van der Waals surface area (Å²) in [7, 11) is 0. The zero-order chi connectivity index (χ0) is 16.1. The van der Waals surface area contributed by atoms with Crippen LogP contribution in [0.3, 0.4) is 0 Å². The van der Waals surface area contributed by atoms with Crippen molar-refractivity contribution < 1.29 is 14.0 Å². The fourth-order valence-corrected chi connectivity index (χ4v) is 2.11. The number of amides is 2. The molecule has 0 aliphatic carbocycles. The molecule has 0 radical (unpaired) electrons. The van der Waals surface area contributed by atoms with Gasteiger partial charge in [0.2, 0.25) is 5.91 Å². The van der Waals surface area contributed by atoms with Crippen LogP contribution in [-0.4, -0.2) is 23.3 Å². The third-order valence-electron chi connectivity index (χ3n) is 3.10. The van der Waals surface area contributed by atoms with E-state index in [-0.39, 0.29) is 11.8 Å². The van der Waals surface area contributed by atoms with Crippen LogP contribution in [0.5, 0.6) is 0 Å². The first-order valence-electron chi connectivity index (χ1n) is 7.04. The molecule has 0 bridgehead atoms. The topological polar surface area (TPSA) is 84.2 Å². The van der Waals surface area contributed by atoms with Crippen LogP contribution in [0.2, 0.25) is 0 Å². The zero-order valence-electron chi connectivity index (χ0n) is 12.9. The van der Waals surface area contributed by atoms with Crippen LogP contribution < -0.4 is 10.6 Å². The lowest BCUT2D eigenvalue weighted by Gasteiger charge is -2.06. The molecule has 0 saturated carbocycles. The van der Waals surface area contributed by atoms with E-state index in [4.69, 9.17) is 4.42 Å². The third-order valence-corrected chi connectivity index (χ3v) is 3.10. The smallest absolute Gasteiger partial charge is 0.251 e. The summed E-state index contributed by atoms with van der Waals surface area (Å²) in [6, 6.07) is 6.73. The molecule has 6 heteroatoms. The summed E-state index contributed by atoms with van der Waals surface area (Å²) in [5.74, 6) is 1.12. The fourth-order valence-electron chi connectivity index (χ4n) is 2.11. The molecule has 116 valence electrons. The summed E-state index contributed by atoms with van der Waals surface area (Å²) < 4.78 is 5.45. The molecule has 0 aliphatic heterocycles. The molecule has 1 aromatic heterocycles. The summed E-state index contributed by atoms with van der Waals surface area (Å²) >= 11 is 0. The van der Waals surface area contributed by atoms with E-state index in [1.165, 1.54) is 6.92 Å². The Morgan fingerprint density at radius 1 is 1.18 bits per heavy atom. The van der Waals surface area contributed by atoms with E-state index < -0.39 is 0 Å². The van der Waals surface area contributed by atoms with Crippen LogP contribution >= 0.6 is 0 Å². The van der Waals surface area contributed by atoms with E-state index in [2.05, 4.69) is 15.6 Å². The van der Waals surface area contributed by atoms with Crippen LogP contribution in [0.1, 0.15) is 34.6 Å². The number of aromatic nitrogens is 1. The van der Waals surface area contributed by atoms with Crippen molar-refractivity contribution in [2.45, 2.75) is 27.2 Å². The van der Waals surface area contributed by atoms with Gasteiger partial charge in [0.25, 0.3) is 5.91 Å². The Morgan fingerprint density at radius 3 is 2.41 bits per heavy atom. The van der Waals surface area contributed by atoms with Crippen molar-refractivity contribution in [3.8, 4) is 0 Å². The molecule has 0 saturated heterocycles. The van der Waals surface area contributed by atoms with Crippen LogP contribution in [-0.2, 0) is 11.2 Å². The maximum Gasteiger partial charge on any atom is 0.251 e. The van der Waals surface area contributed by atoms with Gasteiger partial charge in [0, 0.05) is 38.1 Å². The van der Waals surface area contributed by atoms with Crippen LogP contribution in [0.25, 0.3) is 0 Å². The number of rotatable bonds is 5. The molecule has 2 rings (SSSR count). The van der Waals surface area contributed by atoms with Gasteiger partial charge in [0.1, 0.15) is 5.76 Å². The molecule has 0 aliphatic rings. The number of hydrogen-bond acceptors (Lipinski definition) is 4. The molecule has 0 atom stereocenters. The Hall–Kier alpha value is -2.63. The number of anilines is 1.